The quantitative estimate of drug-likeness (QED) is 0.117. The molecular formula is C39H85BrN12O5. The highest BCUT2D eigenvalue weighted by molar-refractivity contribution is 9.09. The number of nitrogens with zero attached hydrogens (tertiary/aromatic N) is 3. The maximum atomic E-state index is 11.9. The normalized spacial score (nSPS) is 21.9. The predicted octanol–water partition coefficient (Wildman–Crippen LogP) is -1.55. The first-order valence-corrected chi connectivity index (χ1v) is 22.0. The Hall–Kier alpha value is -1.55. The zero-order chi connectivity index (χ0) is 41.3. The van der Waals surface area contributed by atoms with Crippen LogP contribution in [0.15, 0.2) is 0 Å². The van der Waals surface area contributed by atoms with E-state index in [0.29, 0.717) is 13.1 Å². The fraction of sp³-hybridized carbons (Fsp3) is 0.923. The number of rotatable bonds is 3. The molecule has 2 bridgehead atoms. The summed E-state index contributed by atoms with van der Waals surface area (Å²) in [5, 5.41) is 30.5. The molecule has 0 aromatic rings. The second-order valence-corrected chi connectivity index (χ2v) is 16.6. The molecule has 0 aromatic heterocycles. The second kappa shape index (κ2) is 35.2. The van der Waals surface area contributed by atoms with E-state index in [-0.39, 0.29) is 36.2 Å². The molecule has 0 spiro atoms. The van der Waals surface area contributed by atoms with Crippen LogP contribution in [-0.2, 0) is 23.9 Å². The predicted molar refractivity (Wildman–Crippen MR) is 238 cm³/mol. The Labute approximate surface area is 354 Å². The lowest BCUT2D eigenvalue weighted by atomic mass is 10.2. The van der Waals surface area contributed by atoms with Gasteiger partial charge in [0.15, 0.2) is 0 Å². The van der Waals surface area contributed by atoms with Crippen LogP contribution in [0.4, 0.5) is 0 Å². The van der Waals surface area contributed by atoms with Crippen molar-refractivity contribution in [1.29, 1.82) is 0 Å². The maximum absolute atomic E-state index is 11.9. The molecule has 338 valence electrons. The van der Waals surface area contributed by atoms with Gasteiger partial charge in [-0.1, -0.05) is 23.4 Å². The molecule has 1 atom stereocenters. The summed E-state index contributed by atoms with van der Waals surface area (Å²) in [6.07, 6.45) is 0. The number of alkyl halides is 1. The summed E-state index contributed by atoms with van der Waals surface area (Å²) in [5.41, 5.74) is -0.767. The molecule has 5 heterocycles. The number of carbonyl (C=O) groups is 3. The molecule has 57 heavy (non-hydrogen) atoms. The Kier molecular flexibility index (Phi) is 34.3. The SMILES string of the molecule is C.C1CNCCNCCNCCN1.CC(C)(C)OC(=O)CBr.CC(C)(C)OC(=O)CN1CCNCCNCCNCC1.O=C1CN2CCNCCNCCN1CC2. The maximum Gasteiger partial charge on any atom is 0.320 e. The third kappa shape index (κ3) is 36.1. The van der Waals surface area contributed by atoms with E-state index in [1.54, 1.807) is 0 Å². The monoisotopic (exact) mass is 881 g/mol. The zero-order valence-electron chi connectivity index (χ0n) is 35.9. The minimum Gasteiger partial charge on any atom is -0.459 e. The van der Waals surface area contributed by atoms with E-state index in [4.69, 9.17) is 9.47 Å². The van der Waals surface area contributed by atoms with Crippen molar-refractivity contribution in [2.24, 2.45) is 0 Å². The van der Waals surface area contributed by atoms with Crippen molar-refractivity contribution in [1.82, 2.24) is 62.6 Å². The van der Waals surface area contributed by atoms with Crippen molar-refractivity contribution in [2.45, 2.75) is 60.2 Å². The van der Waals surface area contributed by atoms with E-state index in [9.17, 15) is 14.4 Å². The molecule has 5 fully saturated rings. The lowest BCUT2D eigenvalue weighted by molar-refractivity contribution is -0.156. The fourth-order valence-electron chi connectivity index (χ4n) is 5.67. The van der Waals surface area contributed by atoms with Crippen molar-refractivity contribution in [3.05, 3.63) is 0 Å². The number of nitrogens with one attached hydrogen (secondary N) is 9. The van der Waals surface area contributed by atoms with Crippen molar-refractivity contribution in [3.8, 4) is 0 Å². The van der Waals surface area contributed by atoms with Gasteiger partial charge in [-0.15, -0.1) is 0 Å². The highest BCUT2D eigenvalue weighted by Crippen LogP contribution is 2.08. The highest BCUT2D eigenvalue weighted by atomic mass is 79.9. The summed E-state index contributed by atoms with van der Waals surface area (Å²) in [6, 6.07) is 0. The van der Waals surface area contributed by atoms with E-state index in [2.05, 4.69) is 73.6 Å². The molecule has 5 aliphatic rings. The average Bonchev–Trinajstić information content (AvgIpc) is 3.10. The second-order valence-electron chi connectivity index (χ2n) is 16.0. The molecule has 17 nitrogen and oxygen atoms in total. The minimum atomic E-state index is -0.411. The number of fused-ring (bicyclic) bond motifs is 9. The summed E-state index contributed by atoms with van der Waals surface area (Å²) in [4.78, 5) is 40.5. The lowest BCUT2D eigenvalue weighted by Crippen LogP contribution is -2.53. The zero-order valence-corrected chi connectivity index (χ0v) is 37.4. The lowest BCUT2D eigenvalue weighted by Gasteiger charge is -2.34. The third-order valence-electron chi connectivity index (χ3n) is 8.42. The van der Waals surface area contributed by atoms with E-state index in [0.717, 1.165) is 157 Å². The van der Waals surface area contributed by atoms with E-state index >= 15 is 0 Å². The Balaban J connectivity index is 0.000000759. The van der Waals surface area contributed by atoms with Crippen LogP contribution in [0, 0.1) is 0 Å². The molecule has 9 N–H and O–H groups in total. The fourth-order valence-corrected chi connectivity index (χ4v) is 5.78. The number of carbonyl (C=O) groups excluding carboxylic acids is 3. The van der Waals surface area contributed by atoms with Crippen LogP contribution in [0.5, 0.6) is 0 Å². The summed E-state index contributed by atoms with van der Waals surface area (Å²) >= 11 is 2.99. The largest absolute Gasteiger partial charge is 0.459 e. The number of halogens is 1. The summed E-state index contributed by atoms with van der Waals surface area (Å²) < 4.78 is 10.3. The first kappa shape index (κ1) is 55.5. The first-order chi connectivity index (χ1) is 26.8. The molecule has 0 aliphatic carbocycles. The Morgan fingerprint density at radius 3 is 1.18 bits per heavy atom. The van der Waals surface area contributed by atoms with Crippen molar-refractivity contribution in [3.63, 3.8) is 0 Å². The molecule has 0 aromatic carbocycles. The van der Waals surface area contributed by atoms with Crippen molar-refractivity contribution in [2.75, 3.05) is 175 Å². The van der Waals surface area contributed by atoms with Gasteiger partial charge >= 0.3 is 11.9 Å². The van der Waals surface area contributed by atoms with Crippen molar-refractivity contribution < 1.29 is 23.9 Å². The van der Waals surface area contributed by atoms with E-state index in [1.165, 1.54) is 0 Å². The van der Waals surface area contributed by atoms with E-state index < -0.39 is 5.60 Å². The van der Waals surface area contributed by atoms with Crippen LogP contribution < -0.4 is 47.9 Å². The van der Waals surface area contributed by atoms with Gasteiger partial charge in [0.05, 0.1) is 13.1 Å². The highest BCUT2D eigenvalue weighted by Gasteiger charge is 2.23. The molecule has 5 saturated heterocycles. The van der Waals surface area contributed by atoms with Crippen LogP contribution in [0.25, 0.3) is 0 Å². The first-order valence-electron chi connectivity index (χ1n) is 20.9. The third-order valence-corrected chi connectivity index (χ3v) is 8.88. The summed E-state index contributed by atoms with van der Waals surface area (Å²) in [7, 11) is 0. The molecule has 1 unspecified atom stereocenters. The molecule has 5 rings (SSSR count). The molecule has 0 radical (unpaired) electrons. The van der Waals surface area contributed by atoms with Gasteiger partial charge in [0.25, 0.3) is 0 Å². The van der Waals surface area contributed by atoms with E-state index in [1.807, 2.05) is 46.4 Å². The topological polar surface area (TPSA) is 188 Å². The number of amides is 1. The Morgan fingerprint density at radius 2 is 0.842 bits per heavy atom. The standard InChI is InChI=1S/C14H30N4O2.C10H20N4O.C8H20N4.C6H11BrO2.CH4/c1-14(2,3)20-13(19)12-18-10-8-16-6-4-15-5-7-17-9-11-18;15-10-9-13-5-3-11-1-2-12-4-6-14(10)8-7-13;1-2-10-5-6-12-8-7-11-4-3-9-1;1-6(2,3)9-5(8)4-7;/h15-17H,4-12H2,1-3H3;11-12H,1-9H2;9-12H,1-8H2;4H2,1-3H3;1H4. The number of esters is 2. The van der Waals surface area contributed by atoms with Gasteiger partial charge in [0.2, 0.25) is 5.91 Å². The van der Waals surface area contributed by atoms with Gasteiger partial charge in [-0.3, -0.25) is 24.2 Å². The van der Waals surface area contributed by atoms with Gasteiger partial charge in [-0.2, -0.15) is 0 Å². The van der Waals surface area contributed by atoms with Crippen LogP contribution in [0.3, 0.4) is 0 Å². The molecule has 18 heteroatoms. The van der Waals surface area contributed by atoms with Crippen LogP contribution in [-0.4, -0.2) is 219 Å². The Morgan fingerprint density at radius 1 is 0.509 bits per heavy atom. The molecule has 1 amide bonds. The van der Waals surface area contributed by atoms with Gasteiger partial charge in [-0.25, -0.2) is 0 Å². The summed E-state index contributed by atoms with van der Waals surface area (Å²) in [5.74, 6) is -0.0858. The minimum absolute atomic E-state index is 0. The van der Waals surface area contributed by atoms with Gasteiger partial charge in [0.1, 0.15) is 16.5 Å². The molecule has 5 aliphatic heterocycles. The molecular weight excluding hydrogens is 796 g/mol. The number of piperazine rings is 1. The Bertz CT molecular complexity index is 947. The number of ether oxygens (including phenoxy) is 2. The van der Waals surface area contributed by atoms with Crippen LogP contribution >= 0.6 is 15.9 Å². The van der Waals surface area contributed by atoms with Crippen LogP contribution in [0.2, 0.25) is 0 Å². The van der Waals surface area contributed by atoms with Crippen LogP contribution in [0.1, 0.15) is 49.0 Å². The van der Waals surface area contributed by atoms with Gasteiger partial charge in [-0.05, 0) is 41.5 Å². The number of hydrogen-bond donors (Lipinski definition) is 9. The number of hydrogen-bond acceptors (Lipinski definition) is 16. The average molecular weight is 882 g/mol. The van der Waals surface area contributed by atoms with Gasteiger partial charge in [0, 0.05) is 157 Å². The van der Waals surface area contributed by atoms with Crippen molar-refractivity contribution >= 4 is 33.8 Å². The van der Waals surface area contributed by atoms with Gasteiger partial charge < -0.3 is 62.2 Å². The summed E-state index contributed by atoms with van der Waals surface area (Å²) in [6.45, 7) is 35.8. The smallest absolute Gasteiger partial charge is 0.320 e. The molecule has 0 saturated carbocycles.